The van der Waals surface area contributed by atoms with Gasteiger partial charge in [0.2, 0.25) is 6.79 Å². The minimum Gasteiger partial charge on any atom is -0.454 e. The highest BCUT2D eigenvalue weighted by atomic mass is 16.7. The topological polar surface area (TPSA) is 154 Å². The van der Waals surface area contributed by atoms with E-state index in [0.717, 1.165) is 12.1 Å². The third-order valence-corrected chi connectivity index (χ3v) is 3.52. The number of hydrogen-bond donors (Lipinski definition) is 0. The first-order valence-corrected chi connectivity index (χ1v) is 7.09. The van der Waals surface area contributed by atoms with E-state index < -0.39 is 21.2 Å². The van der Waals surface area contributed by atoms with Gasteiger partial charge in [-0.3, -0.25) is 20.2 Å². The second kappa shape index (κ2) is 6.79. The van der Waals surface area contributed by atoms with Gasteiger partial charge in [0.1, 0.15) is 0 Å². The smallest absolute Gasteiger partial charge is 0.283 e. The maximum Gasteiger partial charge on any atom is 0.283 e. The lowest BCUT2D eigenvalue weighted by Gasteiger charge is -2.03. The van der Waals surface area contributed by atoms with Crippen LogP contribution in [-0.2, 0) is 0 Å². The van der Waals surface area contributed by atoms with E-state index >= 15 is 0 Å². The van der Waals surface area contributed by atoms with Crippen LogP contribution < -0.4 is 9.47 Å². The van der Waals surface area contributed by atoms with Gasteiger partial charge in [0, 0.05) is 11.0 Å². The summed E-state index contributed by atoms with van der Waals surface area (Å²) in [4.78, 5) is 23.2. The molecule has 0 atom stereocenters. The molecular formula is C15H9N5O6. The number of benzene rings is 2. The minimum absolute atomic E-state index is 0.0453. The van der Waals surface area contributed by atoms with E-state index in [1.807, 2.05) is 0 Å². The predicted octanol–water partition coefficient (Wildman–Crippen LogP) is 4.34. The number of hydrogen-bond acceptors (Lipinski definition) is 7. The molecule has 1 heterocycles. The molecule has 1 aliphatic rings. The molecule has 11 nitrogen and oxygen atoms in total. The van der Waals surface area contributed by atoms with Crippen LogP contribution in [0.4, 0.5) is 17.1 Å². The fraction of sp³-hybridized carbons (Fsp3) is 0.0667. The minimum atomic E-state index is -0.797. The van der Waals surface area contributed by atoms with Crippen molar-refractivity contribution in [2.45, 2.75) is 0 Å². The highest BCUT2D eigenvalue weighted by Gasteiger charge is 2.22. The average Bonchev–Trinajstić information content (AvgIpc) is 3.07. The molecule has 26 heavy (non-hydrogen) atoms. The zero-order chi connectivity index (χ0) is 18.7. The molecule has 1 aliphatic heterocycles. The quantitative estimate of drug-likeness (QED) is 0.194. The van der Waals surface area contributed by atoms with Gasteiger partial charge < -0.3 is 9.47 Å². The highest BCUT2D eigenvalue weighted by molar-refractivity contribution is 5.82. The Kier molecular flexibility index (Phi) is 4.37. The Labute approximate surface area is 145 Å². The highest BCUT2D eigenvalue weighted by Crippen LogP contribution is 2.37. The van der Waals surface area contributed by atoms with Crippen molar-refractivity contribution in [3.63, 3.8) is 0 Å². The normalized spacial score (nSPS) is 12.0. The van der Waals surface area contributed by atoms with E-state index in [0.29, 0.717) is 17.1 Å². The monoisotopic (exact) mass is 355 g/mol. The lowest BCUT2D eigenvalue weighted by Crippen LogP contribution is -1.95. The Morgan fingerprint density at radius 1 is 1.08 bits per heavy atom. The first-order chi connectivity index (χ1) is 12.5. The van der Waals surface area contributed by atoms with Crippen LogP contribution in [-0.4, -0.2) is 16.6 Å². The van der Waals surface area contributed by atoms with Crippen LogP contribution in [0.1, 0.15) is 11.1 Å². The molecule has 0 saturated carbocycles. The molecule has 11 heteroatoms. The second-order valence-electron chi connectivity index (χ2n) is 5.05. The zero-order valence-corrected chi connectivity index (χ0v) is 12.9. The van der Waals surface area contributed by atoms with Crippen LogP contribution in [0.3, 0.4) is 0 Å². The van der Waals surface area contributed by atoms with Crippen molar-refractivity contribution in [2.24, 2.45) is 5.11 Å². The third-order valence-electron chi connectivity index (χ3n) is 3.52. The summed E-state index contributed by atoms with van der Waals surface area (Å²) in [6.07, 6.45) is 2.88. The molecule has 0 aromatic heterocycles. The number of non-ortho nitro benzene ring substituents is 1. The number of ether oxygens (including phenoxy) is 2. The van der Waals surface area contributed by atoms with Crippen LogP contribution in [0.2, 0.25) is 0 Å². The first-order valence-electron chi connectivity index (χ1n) is 7.09. The number of nitro benzene ring substituents is 2. The number of azide groups is 1. The maximum absolute atomic E-state index is 11.3. The predicted molar refractivity (Wildman–Crippen MR) is 90.0 cm³/mol. The van der Waals surface area contributed by atoms with E-state index in [1.165, 1.54) is 12.2 Å². The Balaban J connectivity index is 2.09. The molecule has 0 amide bonds. The van der Waals surface area contributed by atoms with Crippen molar-refractivity contribution in [1.82, 2.24) is 0 Å². The summed E-state index contributed by atoms with van der Waals surface area (Å²) in [5.74, 6) is 1.11. The van der Waals surface area contributed by atoms with Crippen molar-refractivity contribution in [2.75, 3.05) is 6.79 Å². The summed E-state index contributed by atoms with van der Waals surface area (Å²) >= 11 is 0. The molecule has 0 saturated heterocycles. The van der Waals surface area contributed by atoms with E-state index in [2.05, 4.69) is 10.0 Å². The van der Waals surface area contributed by atoms with Gasteiger partial charge in [0.15, 0.2) is 11.5 Å². The largest absolute Gasteiger partial charge is 0.454 e. The van der Waals surface area contributed by atoms with Crippen LogP contribution in [0.25, 0.3) is 22.6 Å². The molecule has 2 aromatic carbocycles. The molecule has 0 N–H and O–H groups in total. The Morgan fingerprint density at radius 3 is 2.54 bits per heavy atom. The molecule has 0 aliphatic carbocycles. The van der Waals surface area contributed by atoms with Crippen LogP contribution >= 0.6 is 0 Å². The third kappa shape index (κ3) is 3.23. The summed E-state index contributed by atoms with van der Waals surface area (Å²) in [6, 6.07) is 6.85. The van der Waals surface area contributed by atoms with Gasteiger partial charge in [0.25, 0.3) is 11.4 Å². The van der Waals surface area contributed by atoms with Gasteiger partial charge in [-0.1, -0.05) is 17.3 Å². The van der Waals surface area contributed by atoms with E-state index in [1.54, 1.807) is 18.2 Å². The summed E-state index contributed by atoms with van der Waals surface area (Å²) < 4.78 is 10.5. The van der Waals surface area contributed by atoms with E-state index in [4.69, 9.17) is 15.0 Å². The molecule has 130 valence electrons. The Bertz CT molecular complexity index is 973. The van der Waals surface area contributed by atoms with Crippen LogP contribution in [0.5, 0.6) is 11.5 Å². The zero-order valence-electron chi connectivity index (χ0n) is 12.9. The van der Waals surface area contributed by atoms with E-state index in [-0.39, 0.29) is 18.0 Å². The lowest BCUT2D eigenvalue weighted by atomic mass is 10.1. The van der Waals surface area contributed by atoms with Crippen molar-refractivity contribution < 1.29 is 19.3 Å². The Hall–Kier alpha value is -4.11. The molecule has 0 spiro atoms. The molecule has 0 radical (unpaired) electrons. The van der Waals surface area contributed by atoms with Gasteiger partial charge in [0.05, 0.1) is 27.2 Å². The fourth-order valence-corrected chi connectivity index (χ4v) is 2.36. The van der Waals surface area contributed by atoms with Gasteiger partial charge in [-0.2, -0.15) is 0 Å². The van der Waals surface area contributed by atoms with Crippen LogP contribution in [0.15, 0.2) is 35.4 Å². The molecule has 0 bridgehead atoms. The standard InChI is InChI=1S/C15H9N5O6/c16-18-17-12-6-10(19(21)22)7-13(20(23)24)11(12)3-1-9-2-4-14-15(5-9)26-8-25-14/h1-7H,8H2/b3-1+. The number of rotatable bonds is 5. The average molecular weight is 355 g/mol. The van der Waals surface area contributed by atoms with Gasteiger partial charge >= 0.3 is 0 Å². The van der Waals surface area contributed by atoms with Gasteiger partial charge in [-0.25, -0.2) is 0 Å². The SMILES string of the molecule is [N-]=[N+]=Nc1cc([N+](=O)[O-])cc([N+](=O)[O-])c1/C=C/c1ccc2c(c1)OCO2. The van der Waals surface area contributed by atoms with Crippen molar-refractivity contribution in [3.8, 4) is 11.5 Å². The summed E-state index contributed by atoms with van der Waals surface area (Å²) in [5.41, 5.74) is 7.96. The summed E-state index contributed by atoms with van der Waals surface area (Å²) in [6.45, 7) is 0.108. The number of nitro groups is 2. The maximum atomic E-state index is 11.3. The van der Waals surface area contributed by atoms with Crippen molar-refractivity contribution in [3.05, 3.63) is 72.1 Å². The fourth-order valence-electron chi connectivity index (χ4n) is 2.36. The summed E-state index contributed by atoms with van der Waals surface area (Å²) in [7, 11) is 0. The number of nitrogens with zero attached hydrogens (tertiary/aromatic N) is 5. The molecule has 3 rings (SSSR count). The van der Waals surface area contributed by atoms with Crippen molar-refractivity contribution in [1.29, 1.82) is 0 Å². The van der Waals surface area contributed by atoms with E-state index in [9.17, 15) is 20.2 Å². The molecule has 0 unspecified atom stereocenters. The van der Waals surface area contributed by atoms with Crippen LogP contribution in [0, 0.1) is 20.2 Å². The second-order valence-corrected chi connectivity index (χ2v) is 5.05. The van der Waals surface area contributed by atoms with Gasteiger partial charge in [-0.15, -0.1) is 0 Å². The number of fused-ring (bicyclic) bond motifs is 1. The molecule has 2 aromatic rings. The van der Waals surface area contributed by atoms with Gasteiger partial charge in [-0.05, 0) is 29.3 Å². The Morgan fingerprint density at radius 2 is 1.85 bits per heavy atom. The molecular weight excluding hydrogens is 346 g/mol. The molecule has 0 fully saturated rings. The lowest BCUT2D eigenvalue weighted by molar-refractivity contribution is -0.394. The van der Waals surface area contributed by atoms with Crippen molar-refractivity contribution >= 4 is 29.2 Å². The first kappa shape index (κ1) is 16.7. The summed E-state index contributed by atoms with van der Waals surface area (Å²) in [5, 5.41) is 25.6.